The van der Waals surface area contributed by atoms with Crippen molar-refractivity contribution >= 4 is 15.9 Å². The van der Waals surface area contributed by atoms with E-state index in [4.69, 9.17) is 9.47 Å². The van der Waals surface area contributed by atoms with Crippen LogP contribution in [-0.4, -0.2) is 30.0 Å². The number of benzene rings is 1. The molecule has 21 heavy (non-hydrogen) atoms. The molecule has 1 aromatic carbocycles. The number of aliphatic hydroxyl groups is 1. The summed E-state index contributed by atoms with van der Waals surface area (Å²) in [5, 5.41) is 13.6. The zero-order chi connectivity index (χ0) is 16.3. The van der Waals surface area contributed by atoms with Crippen LogP contribution in [0, 0.1) is 0 Å². The third-order valence-corrected chi connectivity index (χ3v) is 4.43. The molecular formula is C16H26BrNO3. The smallest absolute Gasteiger partial charge is 0.175 e. The van der Waals surface area contributed by atoms with Gasteiger partial charge in [0.1, 0.15) is 0 Å². The molecule has 4 nitrogen and oxygen atoms in total. The zero-order valence-corrected chi connectivity index (χ0v) is 15.3. The van der Waals surface area contributed by atoms with Gasteiger partial charge in [-0.1, -0.05) is 0 Å². The van der Waals surface area contributed by atoms with Crippen molar-refractivity contribution in [2.75, 3.05) is 13.7 Å². The van der Waals surface area contributed by atoms with E-state index in [0.717, 1.165) is 10.0 Å². The molecule has 0 aliphatic heterocycles. The molecular weight excluding hydrogens is 334 g/mol. The highest BCUT2D eigenvalue weighted by molar-refractivity contribution is 9.10. The molecule has 0 unspecified atom stereocenters. The summed E-state index contributed by atoms with van der Waals surface area (Å²) in [6, 6.07) is 3.95. The number of halogens is 1. The summed E-state index contributed by atoms with van der Waals surface area (Å²) in [5.74, 6) is 1.41. The van der Waals surface area contributed by atoms with Gasteiger partial charge in [-0.2, -0.15) is 0 Å². The van der Waals surface area contributed by atoms with E-state index >= 15 is 0 Å². The molecule has 0 saturated carbocycles. The summed E-state index contributed by atoms with van der Waals surface area (Å²) in [6.45, 7) is 10.7. The number of methoxy groups -OCH3 is 1. The monoisotopic (exact) mass is 359 g/mol. The highest BCUT2D eigenvalue weighted by atomic mass is 79.9. The van der Waals surface area contributed by atoms with Crippen LogP contribution in [0.2, 0.25) is 0 Å². The van der Waals surface area contributed by atoms with Gasteiger partial charge in [-0.3, -0.25) is 0 Å². The summed E-state index contributed by atoms with van der Waals surface area (Å²) in [5.41, 5.74) is -0.176. The Balaban J connectivity index is 2.93. The molecule has 0 bridgehead atoms. The molecule has 0 atom stereocenters. The van der Waals surface area contributed by atoms with E-state index in [2.05, 4.69) is 21.2 Å². The van der Waals surface area contributed by atoms with Gasteiger partial charge in [0.15, 0.2) is 11.5 Å². The van der Waals surface area contributed by atoms with Gasteiger partial charge in [0.25, 0.3) is 0 Å². The van der Waals surface area contributed by atoms with Crippen LogP contribution in [0.3, 0.4) is 0 Å². The fourth-order valence-corrected chi connectivity index (χ4v) is 2.30. The zero-order valence-electron chi connectivity index (χ0n) is 13.7. The molecule has 0 spiro atoms. The SMILES string of the molecule is CCOc1c(Br)cc(CNC(C)(C)C(C)(C)O)cc1OC. The standard InChI is InChI=1S/C16H26BrNO3/c1-7-21-14-12(17)8-11(9-13(14)20-6)10-18-15(2,3)16(4,5)19/h8-9,18-19H,7,10H2,1-6H3. The first-order valence-electron chi connectivity index (χ1n) is 7.09. The van der Waals surface area contributed by atoms with Crippen LogP contribution in [0.4, 0.5) is 0 Å². The van der Waals surface area contributed by atoms with Gasteiger partial charge in [0.2, 0.25) is 0 Å². The first kappa shape index (κ1) is 18.3. The van der Waals surface area contributed by atoms with Crippen LogP contribution in [0.1, 0.15) is 40.2 Å². The number of hydrogen-bond acceptors (Lipinski definition) is 4. The Morgan fingerprint density at radius 1 is 1.24 bits per heavy atom. The van der Waals surface area contributed by atoms with Crippen molar-refractivity contribution in [1.82, 2.24) is 5.32 Å². The lowest BCUT2D eigenvalue weighted by atomic mass is 9.86. The van der Waals surface area contributed by atoms with E-state index in [9.17, 15) is 5.11 Å². The van der Waals surface area contributed by atoms with E-state index in [1.54, 1.807) is 21.0 Å². The maximum Gasteiger partial charge on any atom is 0.175 e. The number of hydrogen-bond donors (Lipinski definition) is 2. The largest absolute Gasteiger partial charge is 0.493 e. The summed E-state index contributed by atoms with van der Waals surface area (Å²) < 4.78 is 11.8. The molecule has 0 aliphatic rings. The average molecular weight is 360 g/mol. The van der Waals surface area contributed by atoms with Crippen molar-refractivity contribution in [3.63, 3.8) is 0 Å². The molecule has 120 valence electrons. The number of ether oxygens (including phenoxy) is 2. The Bertz CT molecular complexity index is 481. The van der Waals surface area contributed by atoms with Crippen molar-refractivity contribution in [1.29, 1.82) is 0 Å². The minimum absolute atomic E-state index is 0.411. The molecule has 0 heterocycles. The number of nitrogens with one attached hydrogen (secondary N) is 1. The molecule has 0 aliphatic carbocycles. The van der Waals surface area contributed by atoms with E-state index in [1.165, 1.54) is 0 Å². The van der Waals surface area contributed by atoms with Gasteiger partial charge >= 0.3 is 0 Å². The van der Waals surface area contributed by atoms with Crippen LogP contribution in [0.5, 0.6) is 11.5 Å². The first-order valence-corrected chi connectivity index (χ1v) is 7.88. The fraction of sp³-hybridized carbons (Fsp3) is 0.625. The van der Waals surface area contributed by atoms with Crippen LogP contribution in [-0.2, 0) is 6.54 Å². The van der Waals surface area contributed by atoms with Crippen LogP contribution in [0.15, 0.2) is 16.6 Å². The van der Waals surface area contributed by atoms with Gasteiger partial charge in [0.05, 0.1) is 23.8 Å². The second-order valence-corrected chi connectivity index (χ2v) is 6.93. The van der Waals surface area contributed by atoms with Gasteiger partial charge in [-0.15, -0.1) is 0 Å². The maximum absolute atomic E-state index is 10.2. The van der Waals surface area contributed by atoms with Crippen molar-refractivity contribution in [3.8, 4) is 11.5 Å². The summed E-state index contributed by atoms with van der Waals surface area (Å²) in [6.07, 6.45) is 0. The normalized spacial score (nSPS) is 12.4. The Hall–Kier alpha value is -0.780. The minimum Gasteiger partial charge on any atom is -0.493 e. The Morgan fingerprint density at radius 2 is 1.86 bits per heavy atom. The van der Waals surface area contributed by atoms with Crippen LogP contribution >= 0.6 is 15.9 Å². The van der Waals surface area contributed by atoms with E-state index in [0.29, 0.717) is 24.7 Å². The average Bonchev–Trinajstić information content (AvgIpc) is 2.37. The lowest BCUT2D eigenvalue weighted by molar-refractivity contribution is -0.00532. The lowest BCUT2D eigenvalue weighted by Gasteiger charge is -2.38. The van der Waals surface area contributed by atoms with Crippen molar-refractivity contribution in [3.05, 3.63) is 22.2 Å². The fourth-order valence-electron chi connectivity index (χ4n) is 1.70. The molecule has 0 amide bonds. The molecule has 0 aromatic heterocycles. The van der Waals surface area contributed by atoms with Gasteiger partial charge < -0.3 is 19.9 Å². The third-order valence-electron chi connectivity index (χ3n) is 3.84. The molecule has 2 N–H and O–H groups in total. The second-order valence-electron chi connectivity index (χ2n) is 6.08. The maximum atomic E-state index is 10.2. The molecule has 0 radical (unpaired) electrons. The Morgan fingerprint density at radius 3 is 2.33 bits per heavy atom. The third kappa shape index (κ3) is 4.59. The quantitative estimate of drug-likeness (QED) is 0.782. The molecule has 1 rings (SSSR count). The highest BCUT2D eigenvalue weighted by Crippen LogP contribution is 2.36. The lowest BCUT2D eigenvalue weighted by Crippen LogP contribution is -2.55. The van der Waals surface area contributed by atoms with Crippen LogP contribution in [0.25, 0.3) is 0 Å². The Labute approximate surface area is 136 Å². The van der Waals surface area contributed by atoms with Gasteiger partial charge in [-0.25, -0.2) is 0 Å². The van der Waals surface area contributed by atoms with E-state index in [1.807, 2.05) is 32.9 Å². The topological polar surface area (TPSA) is 50.7 Å². The predicted molar refractivity (Wildman–Crippen MR) is 89.1 cm³/mol. The van der Waals surface area contributed by atoms with Crippen molar-refractivity contribution < 1.29 is 14.6 Å². The molecule has 0 saturated heterocycles. The first-order chi connectivity index (χ1) is 9.62. The molecule has 1 aromatic rings. The predicted octanol–water partition coefficient (Wildman–Crippen LogP) is 3.50. The van der Waals surface area contributed by atoms with E-state index < -0.39 is 11.1 Å². The minimum atomic E-state index is -0.820. The van der Waals surface area contributed by atoms with Crippen molar-refractivity contribution in [2.24, 2.45) is 0 Å². The van der Waals surface area contributed by atoms with Gasteiger partial charge in [-0.05, 0) is 68.2 Å². The van der Waals surface area contributed by atoms with Crippen molar-refractivity contribution in [2.45, 2.75) is 52.3 Å². The molecule has 0 fully saturated rings. The Kier molecular flexibility index (Phi) is 6.08. The second kappa shape index (κ2) is 6.99. The summed E-state index contributed by atoms with van der Waals surface area (Å²) in [7, 11) is 1.63. The highest BCUT2D eigenvalue weighted by Gasteiger charge is 2.34. The molecule has 5 heteroatoms. The summed E-state index contributed by atoms with van der Waals surface area (Å²) in [4.78, 5) is 0. The number of rotatable bonds is 7. The summed E-state index contributed by atoms with van der Waals surface area (Å²) >= 11 is 3.52. The van der Waals surface area contributed by atoms with Gasteiger partial charge in [0, 0.05) is 12.1 Å². The van der Waals surface area contributed by atoms with Crippen LogP contribution < -0.4 is 14.8 Å². The van der Waals surface area contributed by atoms with E-state index in [-0.39, 0.29) is 0 Å².